The first-order valence-electron chi connectivity index (χ1n) is 11.1. The van der Waals surface area contributed by atoms with Gasteiger partial charge in [0.05, 0.1) is 6.20 Å². The van der Waals surface area contributed by atoms with Gasteiger partial charge in [0.2, 0.25) is 5.91 Å². The van der Waals surface area contributed by atoms with Crippen LogP contribution in [0.3, 0.4) is 0 Å². The molecule has 0 unspecified atom stereocenters. The van der Waals surface area contributed by atoms with Gasteiger partial charge in [-0.1, -0.05) is 0 Å². The van der Waals surface area contributed by atoms with Crippen molar-refractivity contribution in [2.24, 2.45) is 5.92 Å². The smallest absolute Gasteiger partial charge is 0.327 e. The average Bonchev–Trinajstić information content (AvgIpc) is 3.62. The Bertz CT molecular complexity index is 1050. The molecule has 0 spiro atoms. The van der Waals surface area contributed by atoms with Crippen molar-refractivity contribution in [1.82, 2.24) is 20.2 Å². The second kappa shape index (κ2) is 10.1. The standard InChI is InChI=1S/C23H28N6O5/c1-29-11-6-15(7-12-29)20(30)26-19-13-16(5-10-24-19)34-17-3-4-18(25-14-17)27-22(32)28-21(31)23(33-2)8-9-23/h3-5,10,13-15H,6-9,11-12H2,1-2H3,(H,24,26,30)(H2,25,27,28,31,32). The Morgan fingerprint density at radius 3 is 2.44 bits per heavy atom. The Labute approximate surface area is 197 Å². The van der Waals surface area contributed by atoms with Crippen LogP contribution in [-0.2, 0) is 14.3 Å². The molecule has 11 nitrogen and oxygen atoms in total. The van der Waals surface area contributed by atoms with Crippen molar-refractivity contribution in [3.05, 3.63) is 36.7 Å². The number of hydrogen-bond donors (Lipinski definition) is 3. The van der Waals surface area contributed by atoms with Crippen LogP contribution in [0.25, 0.3) is 0 Å². The van der Waals surface area contributed by atoms with Crippen LogP contribution in [0.2, 0.25) is 0 Å². The Balaban J connectivity index is 1.29. The molecule has 4 amide bonds. The van der Waals surface area contributed by atoms with E-state index in [9.17, 15) is 14.4 Å². The highest BCUT2D eigenvalue weighted by atomic mass is 16.5. The monoisotopic (exact) mass is 468 g/mol. The molecule has 1 saturated heterocycles. The Hall–Kier alpha value is -3.57. The van der Waals surface area contributed by atoms with Crippen molar-refractivity contribution >= 4 is 29.5 Å². The fourth-order valence-corrected chi connectivity index (χ4v) is 3.69. The molecule has 0 bridgehead atoms. The van der Waals surface area contributed by atoms with Crippen LogP contribution in [0.15, 0.2) is 36.7 Å². The first-order valence-corrected chi connectivity index (χ1v) is 11.1. The number of likely N-dealkylation sites (tertiary alicyclic amines) is 1. The molecular weight excluding hydrogens is 440 g/mol. The lowest BCUT2D eigenvalue weighted by Gasteiger charge is -2.27. The van der Waals surface area contributed by atoms with Gasteiger partial charge in [0.15, 0.2) is 0 Å². The van der Waals surface area contributed by atoms with E-state index in [0.717, 1.165) is 25.9 Å². The highest BCUT2D eigenvalue weighted by molar-refractivity contribution is 6.04. The fraction of sp³-hybridized carbons (Fsp3) is 0.435. The van der Waals surface area contributed by atoms with Gasteiger partial charge in [0.25, 0.3) is 5.91 Å². The molecule has 4 rings (SSSR count). The minimum Gasteiger partial charge on any atom is -0.456 e. The maximum absolute atomic E-state index is 12.5. The molecule has 3 N–H and O–H groups in total. The highest BCUT2D eigenvalue weighted by Gasteiger charge is 2.51. The minimum absolute atomic E-state index is 0.0244. The van der Waals surface area contributed by atoms with E-state index in [1.54, 1.807) is 30.5 Å². The summed E-state index contributed by atoms with van der Waals surface area (Å²) in [5.74, 6) is 1.04. The molecule has 0 radical (unpaired) electrons. The SMILES string of the molecule is COC1(C(=O)NC(=O)Nc2ccc(Oc3ccnc(NC(=O)C4CCN(C)CC4)c3)cn2)CC1. The topological polar surface area (TPSA) is 135 Å². The van der Waals surface area contributed by atoms with E-state index < -0.39 is 17.5 Å². The van der Waals surface area contributed by atoms with Crippen LogP contribution in [0.5, 0.6) is 11.5 Å². The summed E-state index contributed by atoms with van der Waals surface area (Å²) in [6.45, 7) is 1.80. The van der Waals surface area contributed by atoms with Crippen molar-refractivity contribution in [2.75, 3.05) is 37.9 Å². The summed E-state index contributed by atoms with van der Waals surface area (Å²) in [5, 5.41) is 7.62. The molecule has 1 saturated carbocycles. The zero-order chi connectivity index (χ0) is 24.1. The fourth-order valence-electron chi connectivity index (χ4n) is 3.69. The first-order chi connectivity index (χ1) is 16.4. The molecule has 2 aromatic heterocycles. The van der Waals surface area contributed by atoms with Crippen LogP contribution in [0.1, 0.15) is 25.7 Å². The van der Waals surface area contributed by atoms with E-state index in [-0.39, 0.29) is 17.6 Å². The third-order valence-electron chi connectivity index (χ3n) is 6.02. The number of hydrogen-bond acceptors (Lipinski definition) is 8. The van der Waals surface area contributed by atoms with Crippen LogP contribution >= 0.6 is 0 Å². The van der Waals surface area contributed by atoms with Gasteiger partial charge in [0, 0.05) is 25.3 Å². The highest BCUT2D eigenvalue weighted by Crippen LogP contribution is 2.38. The third kappa shape index (κ3) is 5.86. The van der Waals surface area contributed by atoms with Crippen molar-refractivity contribution in [2.45, 2.75) is 31.3 Å². The summed E-state index contributed by atoms with van der Waals surface area (Å²) in [7, 11) is 3.50. The number of aromatic nitrogens is 2. The largest absolute Gasteiger partial charge is 0.456 e. The summed E-state index contributed by atoms with van der Waals surface area (Å²) < 4.78 is 10.9. The number of urea groups is 1. The normalized spacial score (nSPS) is 17.5. The van der Waals surface area contributed by atoms with Gasteiger partial charge in [-0.25, -0.2) is 14.8 Å². The third-order valence-corrected chi connectivity index (χ3v) is 6.02. The number of imide groups is 1. The van der Waals surface area contributed by atoms with E-state index in [0.29, 0.717) is 30.2 Å². The van der Waals surface area contributed by atoms with Crippen LogP contribution in [-0.4, -0.2) is 65.6 Å². The summed E-state index contributed by atoms with van der Waals surface area (Å²) in [6.07, 6.45) is 5.81. The molecule has 2 aromatic rings. The number of nitrogens with zero attached hydrogens (tertiary/aromatic N) is 3. The molecule has 2 fully saturated rings. The van der Waals surface area contributed by atoms with Crippen LogP contribution in [0.4, 0.5) is 16.4 Å². The molecule has 34 heavy (non-hydrogen) atoms. The van der Waals surface area contributed by atoms with Crippen molar-refractivity contribution in [1.29, 1.82) is 0 Å². The lowest BCUT2D eigenvalue weighted by Crippen LogP contribution is -2.43. The molecular formula is C23H28N6O5. The number of rotatable bonds is 7. The van der Waals surface area contributed by atoms with Crippen molar-refractivity contribution in [3.63, 3.8) is 0 Å². The van der Waals surface area contributed by atoms with Gasteiger partial charge < -0.3 is 19.7 Å². The van der Waals surface area contributed by atoms with Gasteiger partial charge in [-0.05, 0) is 64.0 Å². The zero-order valence-corrected chi connectivity index (χ0v) is 19.2. The van der Waals surface area contributed by atoms with Crippen LogP contribution in [0, 0.1) is 5.92 Å². The van der Waals surface area contributed by atoms with Gasteiger partial charge in [0.1, 0.15) is 28.7 Å². The van der Waals surface area contributed by atoms with E-state index in [1.807, 2.05) is 0 Å². The van der Waals surface area contributed by atoms with Crippen LogP contribution < -0.4 is 20.7 Å². The second-order valence-corrected chi connectivity index (χ2v) is 8.53. The molecule has 11 heteroatoms. The molecule has 3 heterocycles. The zero-order valence-electron chi connectivity index (χ0n) is 19.2. The maximum Gasteiger partial charge on any atom is 0.327 e. The van der Waals surface area contributed by atoms with Crippen molar-refractivity contribution in [3.8, 4) is 11.5 Å². The molecule has 1 aliphatic heterocycles. The first kappa shape index (κ1) is 23.6. The summed E-state index contributed by atoms with van der Waals surface area (Å²) in [6, 6.07) is 5.79. The minimum atomic E-state index is -0.890. The Morgan fingerprint density at radius 2 is 1.79 bits per heavy atom. The lowest BCUT2D eigenvalue weighted by molar-refractivity contribution is -0.132. The number of ether oxygens (including phenoxy) is 2. The summed E-state index contributed by atoms with van der Waals surface area (Å²) in [5.41, 5.74) is -0.890. The molecule has 0 atom stereocenters. The number of carbonyl (C=O) groups is 3. The van der Waals surface area contributed by atoms with E-state index in [1.165, 1.54) is 13.3 Å². The molecule has 2 aliphatic rings. The van der Waals surface area contributed by atoms with Gasteiger partial charge in [-0.15, -0.1) is 0 Å². The lowest BCUT2D eigenvalue weighted by atomic mass is 9.96. The predicted octanol–water partition coefficient (Wildman–Crippen LogP) is 2.38. The van der Waals surface area contributed by atoms with Gasteiger partial charge in [-0.2, -0.15) is 0 Å². The van der Waals surface area contributed by atoms with E-state index in [2.05, 4.69) is 37.9 Å². The number of carbonyl (C=O) groups excluding carboxylic acids is 3. The van der Waals surface area contributed by atoms with Gasteiger partial charge in [-0.3, -0.25) is 20.2 Å². The quantitative estimate of drug-likeness (QED) is 0.564. The van der Waals surface area contributed by atoms with E-state index in [4.69, 9.17) is 9.47 Å². The average molecular weight is 469 g/mol. The number of amides is 4. The number of piperidine rings is 1. The Kier molecular flexibility index (Phi) is 7.03. The Morgan fingerprint density at radius 1 is 1.03 bits per heavy atom. The number of pyridine rings is 2. The number of nitrogens with one attached hydrogen (secondary N) is 3. The summed E-state index contributed by atoms with van der Waals surface area (Å²) in [4.78, 5) is 47.1. The number of anilines is 2. The second-order valence-electron chi connectivity index (χ2n) is 8.53. The maximum atomic E-state index is 12.5. The predicted molar refractivity (Wildman–Crippen MR) is 124 cm³/mol. The molecule has 0 aromatic carbocycles. The van der Waals surface area contributed by atoms with Crippen molar-refractivity contribution < 1.29 is 23.9 Å². The molecule has 1 aliphatic carbocycles. The number of methoxy groups -OCH3 is 1. The molecule has 180 valence electrons. The summed E-state index contributed by atoms with van der Waals surface area (Å²) >= 11 is 0. The van der Waals surface area contributed by atoms with Gasteiger partial charge >= 0.3 is 6.03 Å². The van der Waals surface area contributed by atoms with E-state index >= 15 is 0 Å².